The van der Waals surface area contributed by atoms with E-state index < -0.39 is 11.2 Å². The van der Waals surface area contributed by atoms with Crippen molar-refractivity contribution in [3.05, 3.63) is 0 Å². The molecule has 23 heavy (non-hydrogen) atoms. The highest BCUT2D eigenvalue weighted by Gasteiger charge is 2.35. The smallest absolute Gasteiger partial charge is 0.311 e. The van der Waals surface area contributed by atoms with Gasteiger partial charge in [-0.15, -0.1) is 0 Å². The summed E-state index contributed by atoms with van der Waals surface area (Å²) in [5.41, 5.74) is -1.10. The van der Waals surface area contributed by atoms with Crippen LogP contribution in [0.3, 0.4) is 0 Å². The summed E-state index contributed by atoms with van der Waals surface area (Å²) in [5.74, 6) is 2.26. The number of thioether (sulfide) groups is 1. The Morgan fingerprint density at radius 2 is 2.26 bits per heavy atom. The minimum Gasteiger partial charge on any atom is -0.460 e. The molecule has 2 heterocycles. The lowest BCUT2D eigenvalue weighted by atomic mass is 10.0. The highest BCUT2D eigenvalue weighted by atomic mass is 32.2. The molecule has 0 spiro atoms. The van der Waals surface area contributed by atoms with Crippen molar-refractivity contribution in [3.63, 3.8) is 0 Å². The van der Waals surface area contributed by atoms with Crippen LogP contribution in [0.1, 0.15) is 33.6 Å². The molecule has 0 aliphatic carbocycles. The first-order valence-electron chi connectivity index (χ1n) is 8.21. The van der Waals surface area contributed by atoms with Crippen LogP contribution in [-0.2, 0) is 9.53 Å². The van der Waals surface area contributed by atoms with Gasteiger partial charge in [0.1, 0.15) is 5.60 Å². The van der Waals surface area contributed by atoms with Crippen LogP contribution >= 0.6 is 11.8 Å². The summed E-state index contributed by atoms with van der Waals surface area (Å²) in [6.45, 7) is 7.55. The molecule has 2 atom stereocenters. The van der Waals surface area contributed by atoms with E-state index in [0.29, 0.717) is 13.1 Å². The Morgan fingerprint density at radius 1 is 1.52 bits per heavy atom. The molecule has 2 aliphatic rings. The Labute approximate surface area is 143 Å². The van der Waals surface area contributed by atoms with Gasteiger partial charge in [0, 0.05) is 32.4 Å². The van der Waals surface area contributed by atoms with E-state index in [-0.39, 0.29) is 11.9 Å². The van der Waals surface area contributed by atoms with Crippen molar-refractivity contribution in [2.75, 3.05) is 38.2 Å². The fourth-order valence-corrected chi connectivity index (χ4v) is 4.14. The highest BCUT2D eigenvalue weighted by molar-refractivity contribution is 7.99. The van der Waals surface area contributed by atoms with Crippen LogP contribution in [-0.4, -0.2) is 71.3 Å². The van der Waals surface area contributed by atoms with Crippen molar-refractivity contribution < 1.29 is 14.6 Å². The van der Waals surface area contributed by atoms with E-state index in [2.05, 4.69) is 15.2 Å². The minimum atomic E-state index is -0.648. The van der Waals surface area contributed by atoms with E-state index in [9.17, 15) is 9.90 Å². The van der Waals surface area contributed by atoms with E-state index in [0.717, 1.165) is 36.9 Å². The van der Waals surface area contributed by atoms with Crippen molar-refractivity contribution in [3.8, 4) is 0 Å². The Morgan fingerprint density at radius 3 is 2.83 bits per heavy atom. The molecule has 2 saturated heterocycles. The molecule has 0 saturated carbocycles. The van der Waals surface area contributed by atoms with Crippen LogP contribution in [0.15, 0.2) is 4.99 Å². The molecule has 0 aromatic heterocycles. The molecule has 0 radical (unpaired) electrons. The topological polar surface area (TPSA) is 74.2 Å². The third-order valence-electron chi connectivity index (χ3n) is 4.10. The molecule has 2 unspecified atom stereocenters. The summed E-state index contributed by atoms with van der Waals surface area (Å²) in [6.07, 6.45) is 1.58. The zero-order valence-corrected chi connectivity index (χ0v) is 15.4. The van der Waals surface area contributed by atoms with Crippen molar-refractivity contribution in [1.82, 2.24) is 10.2 Å². The number of hydrogen-bond acceptors (Lipinski definition) is 5. The first-order valence-corrected chi connectivity index (χ1v) is 9.36. The van der Waals surface area contributed by atoms with Gasteiger partial charge in [-0.05, 0) is 39.4 Å². The molecule has 0 aromatic rings. The summed E-state index contributed by atoms with van der Waals surface area (Å²) in [5, 5.41) is 13.7. The Kier molecular flexibility index (Phi) is 5.84. The number of nitrogens with one attached hydrogen (secondary N) is 1. The van der Waals surface area contributed by atoms with Gasteiger partial charge in [0.25, 0.3) is 0 Å². The average molecular weight is 343 g/mol. The lowest BCUT2D eigenvalue weighted by molar-refractivity contribution is -0.159. The number of guanidine groups is 1. The monoisotopic (exact) mass is 343 g/mol. The number of esters is 1. The lowest BCUT2D eigenvalue weighted by Crippen LogP contribution is -2.48. The first-order chi connectivity index (χ1) is 10.7. The standard InChI is InChI=1S/C16H29N3O3S/c1-15(2,3)22-13(20)12-5-7-19(9-12)14(17-4)18-10-16(21)6-8-23-11-16/h12,21H,5-11H2,1-4H3,(H,17,18). The molecule has 0 amide bonds. The van der Waals surface area contributed by atoms with E-state index in [1.165, 1.54) is 0 Å². The largest absolute Gasteiger partial charge is 0.460 e. The SMILES string of the molecule is CN=C(NCC1(O)CCSC1)N1CCC(C(=O)OC(C)(C)C)C1. The molecule has 2 fully saturated rings. The molecule has 132 valence electrons. The number of carbonyl (C=O) groups excluding carboxylic acids is 1. The van der Waals surface area contributed by atoms with Gasteiger partial charge in [-0.2, -0.15) is 11.8 Å². The normalized spacial score (nSPS) is 29.0. The number of hydrogen-bond donors (Lipinski definition) is 2. The van der Waals surface area contributed by atoms with Crippen LogP contribution in [0.5, 0.6) is 0 Å². The van der Waals surface area contributed by atoms with E-state index in [1.807, 2.05) is 20.8 Å². The van der Waals surface area contributed by atoms with Crippen LogP contribution < -0.4 is 5.32 Å². The maximum Gasteiger partial charge on any atom is 0.311 e. The number of aliphatic imine (C=N–C) groups is 1. The van der Waals surface area contributed by atoms with Crippen molar-refractivity contribution in [1.29, 1.82) is 0 Å². The van der Waals surface area contributed by atoms with E-state index in [1.54, 1.807) is 18.8 Å². The van der Waals surface area contributed by atoms with Gasteiger partial charge in [0.05, 0.1) is 11.5 Å². The molecule has 0 bridgehead atoms. The number of aliphatic hydroxyl groups is 1. The summed E-state index contributed by atoms with van der Waals surface area (Å²) in [4.78, 5) is 18.5. The van der Waals surface area contributed by atoms with Gasteiger partial charge in [-0.1, -0.05) is 0 Å². The van der Waals surface area contributed by atoms with Crippen LogP contribution in [0, 0.1) is 5.92 Å². The zero-order valence-electron chi connectivity index (χ0n) is 14.6. The van der Waals surface area contributed by atoms with Crippen molar-refractivity contribution in [2.24, 2.45) is 10.9 Å². The molecule has 2 N–H and O–H groups in total. The Bertz CT molecular complexity index is 456. The number of rotatable bonds is 3. The van der Waals surface area contributed by atoms with Crippen LogP contribution in [0.25, 0.3) is 0 Å². The molecule has 7 heteroatoms. The van der Waals surface area contributed by atoms with Crippen LogP contribution in [0.2, 0.25) is 0 Å². The average Bonchev–Trinajstić information content (AvgIpc) is 3.07. The third-order valence-corrected chi connectivity index (χ3v) is 5.33. The zero-order chi connectivity index (χ0) is 17.1. The second-order valence-corrected chi connectivity index (χ2v) is 8.50. The summed E-state index contributed by atoms with van der Waals surface area (Å²) >= 11 is 1.78. The molecule has 2 rings (SSSR count). The number of nitrogens with zero attached hydrogens (tertiary/aromatic N) is 2. The maximum absolute atomic E-state index is 12.2. The number of likely N-dealkylation sites (tertiary alicyclic amines) is 1. The second kappa shape index (κ2) is 7.30. The quantitative estimate of drug-likeness (QED) is 0.454. The van der Waals surface area contributed by atoms with Gasteiger partial charge in [-0.25, -0.2) is 0 Å². The Balaban J connectivity index is 1.85. The molecule has 0 aromatic carbocycles. The maximum atomic E-state index is 12.2. The molecular weight excluding hydrogens is 314 g/mol. The Hall–Kier alpha value is -0.950. The molecule has 6 nitrogen and oxygen atoms in total. The van der Waals surface area contributed by atoms with Crippen LogP contribution in [0.4, 0.5) is 0 Å². The van der Waals surface area contributed by atoms with Gasteiger partial charge in [-0.3, -0.25) is 9.79 Å². The molecular formula is C16H29N3O3S. The highest BCUT2D eigenvalue weighted by Crippen LogP contribution is 2.27. The van der Waals surface area contributed by atoms with Crippen molar-refractivity contribution in [2.45, 2.75) is 44.8 Å². The predicted molar refractivity (Wildman–Crippen MR) is 93.8 cm³/mol. The van der Waals surface area contributed by atoms with Gasteiger partial charge in [0.15, 0.2) is 5.96 Å². The number of ether oxygens (including phenoxy) is 1. The fourth-order valence-electron chi connectivity index (χ4n) is 2.84. The minimum absolute atomic E-state index is 0.113. The molecule has 2 aliphatic heterocycles. The second-order valence-electron chi connectivity index (χ2n) is 7.39. The fraction of sp³-hybridized carbons (Fsp3) is 0.875. The van der Waals surface area contributed by atoms with Gasteiger partial charge >= 0.3 is 5.97 Å². The summed E-state index contributed by atoms with van der Waals surface area (Å²) in [6, 6.07) is 0. The van der Waals surface area contributed by atoms with E-state index >= 15 is 0 Å². The van der Waals surface area contributed by atoms with E-state index in [4.69, 9.17) is 4.74 Å². The summed E-state index contributed by atoms with van der Waals surface area (Å²) < 4.78 is 5.47. The first kappa shape index (κ1) is 18.4. The number of carbonyl (C=O) groups is 1. The third kappa shape index (κ3) is 5.28. The summed E-state index contributed by atoms with van der Waals surface area (Å²) in [7, 11) is 1.73. The lowest BCUT2D eigenvalue weighted by Gasteiger charge is -2.27. The van der Waals surface area contributed by atoms with Gasteiger partial charge in [0.2, 0.25) is 0 Å². The predicted octanol–water partition coefficient (Wildman–Crippen LogP) is 1.09. The van der Waals surface area contributed by atoms with Gasteiger partial charge < -0.3 is 20.1 Å². The van der Waals surface area contributed by atoms with Crippen molar-refractivity contribution >= 4 is 23.7 Å².